The van der Waals surface area contributed by atoms with Crippen molar-refractivity contribution in [3.8, 4) is 38.7 Å². The Kier molecular flexibility index (Phi) is 19.3. The summed E-state index contributed by atoms with van der Waals surface area (Å²) in [5.41, 5.74) is 7.03. The van der Waals surface area contributed by atoms with E-state index >= 15 is 0 Å². The highest BCUT2D eigenvalue weighted by Gasteiger charge is 2.44. The molecule has 3 aromatic heterocycles. The molecule has 8 rings (SSSR count). The predicted molar refractivity (Wildman–Crippen MR) is 305 cm³/mol. The van der Waals surface area contributed by atoms with Crippen LogP contribution in [-0.2, 0) is 25.7 Å². The number of aryl methyl sites for hydroxylation is 1. The van der Waals surface area contributed by atoms with Crippen LogP contribution in [0.1, 0.15) is 100 Å². The Labute approximate surface area is 470 Å². The third kappa shape index (κ3) is 14.4. The standard InChI is InChI=1S/C60H68FN11O7S/c1-38-54(80-37-66-38)40-20-18-39(19-21-40)34-65-58(77)49-33-42(73)36-72(49)59(78)55(60(2,3)4)69-51(74)16-11-9-7-8-10-12-17-52(75)71-30-28-70(29-31-71)48-32-41(43-35-63-26-24-45(43)62-5)22-23-46(48)68-57(76)47-25-27-64-56(67-47)53-44(61)14-13-15-50(53)79-6/h13-15,18-27,32,35,37,42,49,55,73H,7-12,16-17,28-31,33-34,36H2,1-4,6H3,(H,65,77)(H,68,76)(H,69,74)/t42-,49+,55-/m1/s1. The Balaban J connectivity index is 0.776. The fourth-order valence-electron chi connectivity index (χ4n) is 10.1. The molecule has 5 heterocycles. The van der Waals surface area contributed by atoms with E-state index < -0.39 is 41.2 Å². The van der Waals surface area contributed by atoms with Crippen molar-refractivity contribution in [1.82, 2.24) is 40.4 Å². The average molecular weight is 1110 g/mol. The molecule has 0 bridgehead atoms. The number of methoxy groups -OCH3 is 1. The molecular weight excluding hydrogens is 1040 g/mol. The molecule has 2 aliphatic rings. The number of carbonyl (C=O) groups excluding carboxylic acids is 5. The highest BCUT2D eigenvalue weighted by Crippen LogP contribution is 2.37. The maximum atomic E-state index is 15.0. The highest BCUT2D eigenvalue weighted by molar-refractivity contribution is 7.13. The summed E-state index contributed by atoms with van der Waals surface area (Å²) in [6, 6.07) is 19.0. The molecule has 0 radical (unpaired) electrons. The van der Waals surface area contributed by atoms with Gasteiger partial charge in [-0.3, -0.25) is 29.0 Å². The summed E-state index contributed by atoms with van der Waals surface area (Å²) in [4.78, 5) is 95.6. The number of benzene rings is 3. The van der Waals surface area contributed by atoms with E-state index in [-0.39, 0.29) is 66.5 Å². The lowest BCUT2D eigenvalue weighted by Crippen LogP contribution is -2.57. The van der Waals surface area contributed by atoms with Gasteiger partial charge in [-0.2, -0.15) is 0 Å². The summed E-state index contributed by atoms with van der Waals surface area (Å²) in [7, 11) is 1.41. The lowest BCUT2D eigenvalue weighted by Gasteiger charge is -2.37. The Morgan fingerprint density at radius 1 is 0.900 bits per heavy atom. The first-order valence-corrected chi connectivity index (χ1v) is 27.9. The number of unbranched alkanes of at least 4 members (excludes halogenated alkanes) is 5. The molecule has 4 N–H and O–H groups in total. The van der Waals surface area contributed by atoms with Gasteiger partial charge in [0.1, 0.15) is 29.3 Å². The lowest BCUT2D eigenvalue weighted by molar-refractivity contribution is -0.144. The van der Waals surface area contributed by atoms with Crippen LogP contribution in [0, 0.1) is 24.7 Å². The molecule has 3 atom stereocenters. The zero-order valence-electron chi connectivity index (χ0n) is 45.8. The number of aliphatic hydroxyl groups is 1. The number of nitrogens with one attached hydrogen (secondary N) is 3. The fourth-order valence-corrected chi connectivity index (χ4v) is 10.9. The van der Waals surface area contributed by atoms with Crippen LogP contribution >= 0.6 is 11.3 Å². The summed E-state index contributed by atoms with van der Waals surface area (Å²) in [5.74, 6) is -1.88. The number of piperazine rings is 1. The van der Waals surface area contributed by atoms with Gasteiger partial charge in [0, 0.05) is 82.7 Å². The molecule has 0 saturated carbocycles. The number of aromatic nitrogens is 4. The van der Waals surface area contributed by atoms with E-state index in [1.54, 1.807) is 48.0 Å². The molecule has 2 aliphatic heterocycles. The first-order chi connectivity index (χ1) is 38.5. The van der Waals surface area contributed by atoms with Crippen molar-refractivity contribution in [2.45, 2.75) is 110 Å². The Bertz CT molecular complexity index is 3220. The van der Waals surface area contributed by atoms with E-state index in [0.717, 1.165) is 59.4 Å². The van der Waals surface area contributed by atoms with Crippen molar-refractivity contribution in [3.63, 3.8) is 0 Å². The summed E-state index contributed by atoms with van der Waals surface area (Å²) in [6.45, 7) is 17.4. The Hall–Kier alpha value is -8.15. The van der Waals surface area contributed by atoms with E-state index in [4.69, 9.17) is 11.3 Å². The maximum Gasteiger partial charge on any atom is 0.274 e. The number of β-amino-alcohol motifs (C(OH)–C–C–N with tert-alkyl or cyclic N) is 1. The number of aliphatic hydroxyl groups excluding tert-OH is 1. The van der Waals surface area contributed by atoms with E-state index in [0.29, 0.717) is 61.6 Å². The minimum Gasteiger partial charge on any atom is -0.496 e. The molecule has 2 fully saturated rings. The number of likely N-dealkylation sites (tertiary alicyclic amines) is 1. The summed E-state index contributed by atoms with van der Waals surface area (Å²) < 4.78 is 20.3. The van der Waals surface area contributed by atoms with Gasteiger partial charge >= 0.3 is 0 Å². The third-order valence-electron chi connectivity index (χ3n) is 14.5. The second-order valence-corrected chi connectivity index (χ2v) is 22.1. The van der Waals surface area contributed by atoms with Crippen LogP contribution in [-0.4, -0.2) is 122 Å². The average Bonchev–Trinajstić information content (AvgIpc) is 4.12. The SMILES string of the molecule is [C-]#[N+]c1ccncc1-c1ccc(NC(=O)c2ccnc(-c3c(F)cccc3OC)n2)c(N2CCN(C(=O)CCCCCCCCC(=O)N[C@H](C(=O)N3C[C@H](O)C[C@H]3C(=O)NCc3ccc(-c4scnc4C)cc3)C(C)(C)C)CC2)c1. The molecular formula is C60H68FN11O7S. The van der Waals surface area contributed by atoms with E-state index in [1.807, 2.05) is 68.4 Å². The van der Waals surface area contributed by atoms with E-state index in [1.165, 1.54) is 36.4 Å². The maximum absolute atomic E-state index is 15.0. The molecule has 5 amide bonds. The zero-order chi connectivity index (χ0) is 56.9. The quantitative estimate of drug-likeness (QED) is 0.0392. The van der Waals surface area contributed by atoms with Gasteiger partial charge in [0.15, 0.2) is 11.5 Å². The first-order valence-electron chi connectivity index (χ1n) is 27.0. The zero-order valence-corrected chi connectivity index (χ0v) is 46.7. The molecule has 2 saturated heterocycles. The van der Waals surface area contributed by atoms with Crippen LogP contribution < -0.4 is 25.6 Å². The lowest BCUT2D eigenvalue weighted by atomic mass is 9.85. The second-order valence-electron chi connectivity index (χ2n) is 21.2. The number of carbonyl (C=O) groups is 5. The van der Waals surface area contributed by atoms with Crippen LogP contribution in [0.3, 0.4) is 0 Å². The van der Waals surface area contributed by atoms with Gasteiger partial charge in [0.25, 0.3) is 5.91 Å². The van der Waals surface area contributed by atoms with Gasteiger partial charge < -0.3 is 40.5 Å². The molecule has 418 valence electrons. The molecule has 20 heteroatoms. The van der Waals surface area contributed by atoms with Crippen molar-refractivity contribution in [3.05, 3.63) is 131 Å². The smallest absolute Gasteiger partial charge is 0.274 e. The molecule has 0 unspecified atom stereocenters. The van der Waals surface area contributed by atoms with E-state index in [9.17, 15) is 33.5 Å². The van der Waals surface area contributed by atoms with Gasteiger partial charge in [-0.15, -0.1) is 11.3 Å². The number of anilines is 2. The summed E-state index contributed by atoms with van der Waals surface area (Å²) in [5, 5.41) is 19.5. The number of pyridine rings is 1. The van der Waals surface area contributed by atoms with Crippen molar-refractivity contribution >= 4 is 57.9 Å². The molecule has 0 spiro atoms. The molecule has 18 nitrogen and oxygen atoms in total. The molecule has 6 aromatic rings. The van der Waals surface area contributed by atoms with Gasteiger partial charge in [-0.05, 0) is 78.3 Å². The third-order valence-corrected chi connectivity index (χ3v) is 15.5. The number of halogens is 1. The summed E-state index contributed by atoms with van der Waals surface area (Å²) in [6.07, 6.45) is 9.24. The Morgan fingerprint density at radius 3 is 2.33 bits per heavy atom. The van der Waals surface area contributed by atoms with Crippen LogP contribution in [0.5, 0.6) is 5.75 Å². The number of thiazole rings is 1. The van der Waals surface area contributed by atoms with Crippen molar-refractivity contribution < 1.29 is 38.2 Å². The number of ether oxygens (including phenoxy) is 1. The monoisotopic (exact) mass is 1110 g/mol. The van der Waals surface area contributed by atoms with Crippen molar-refractivity contribution in [2.75, 3.05) is 50.1 Å². The minimum atomic E-state index is -0.904. The van der Waals surface area contributed by atoms with Gasteiger partial charge in [-0.1, -0.05) is 82.9 Å². The van der Waals surface area contributed by atoms with E-state index in [2.05, 4.69) is 45.6 Å². The van der Waals surface area contributed by atoms with Crippen molar-refractivity contribution in [1.29, 1.82) is 0 Å². The summed E-state index contributed by atoms with van der Waals surface area (Å²) >= 11 is 1.57. The van der Waals surface area contributed by atoms with Crippen LogP contribution in [0.15, 0.2) is 96.9 Å². The predicted octanol–water partition coefficient (Wildman–Crippen LogP) is 9.17. The number of amides is 5. The van der Waals surface area contributed by atoms with Gasteiger partial charge in [0.2, 0.25) is 23.6 Å². The number of hydrogen-bond acceptors (Lipinski definition) is 13. The van der Waals surface area contributed by atoms with Crippen LogP contribution in [0.2, 0.25) is 0 Å². The fraction of sp³-hybridized carbons (Fsp3) is 0.400. The topological polar surface area (TPSA) is 217 Å². The molecule has 3 aromatic carbocycles. The molecule has 0 aliphatic carbocycles. The number of nitrogens with zero attached hydrogens (tertiary/aromatic N) is 8. The molecule has 80 heavy (non-hydrogen) atoms. The van der Waals surface area contributed by atoms with Crippen molar-refractivity contribution in [2.24, 2.45) is 5.41 Å². The van der Waals surface area contributed by atoms with Gasteiger partial charge in [-0.25, -0.2) is 24.2 Å². The number of hydrogen-bond donors (Lipinski definition) is 4. The minimum absolute atomic E-state index is 0.00263. The second kappa shape index (κ2) is 26.7. The van der Waals surface area contributed by atoms with Crippen LogP contribution in [0.4, 0.5) is 21.5 Å². The van der Waals surface area contributed by atoms with Gasteiger partial charge in [0.05, 0.1) is 52.8 Å². The van der Waals surface area contributed by atoms with Crippen LogP contribution in [0.25, 0.3) is 37.8 Å². The normalized spacial score (nSPS) is 15.7. The highest BCUT2D eigenvalue weighted by atomic mass is 32.1. The number of rotatable bonds is 21. The largest absolute Gasteiger partial charge is 0.496 e. The first kappa shape index (κ1) is 58.0. The Morgan fingerprint density at radius 2 is 1.62 bits per heavy atom.